The molecule has 29 heavy (non-hydrogen) atoms. The van der Waals surface area contributed by atoms with Gasteiger partial charge in [-0.2, -0.15) is 0 Å². The zero-order chi connectivity index (χ0) is 20.8. The number of Topliss-reactive ketones (excluding diaryl/α,β-unsaturated/α-hetero) is 1. The number of piperidine rings is 1. The van der Waals surface area contributed by atoms with E-state index in [2.05, 4.69) is 10.6 Å². The van der Waals surface area contributed by atoms with Crippen molar-refractivity contribution in [1.29, 1.82) is 0 Å². The highest BCUT2D eigenvalue weighted by molar-refractivity contribution is 6.02. The van der Waals surface area contributed by atoms with E-state index in [4.69, 9.17) is 0 Å². The van der Waals surface area contributed by atoms with Gasteiger partial charge in [-0.25, -0.2) is 4.79 Å². The normalized spacial score (nSPS) is 15.0. The number of benzene rings is 2. The van der Waals surface area contributed by atoms with E-state index in [1.54, 1.807) is 24.3 Å². The number of hydrogen-bond donors (Lipinski definition) is 2. The molecule has 1 aliphatic rings. The lowest BCUT2D eigenvalue weighted by atomic mass is 9.87. The standard InChI is InChI=1S/C23H27N3O3/c1-16-8-9-20(17(2)14-16)22(28)18-10-12-26(13-11-18)15-21(27)25-23(29)24-19-6-4-3-5-7-19/h3-9,14,18H,10-13,15H2,1-2H3,(H2,24,25,27,29). The second-order valence-corrected chi connectivity index (χ2v) is 7.60. The lowest BCUT2D eigenvalue weighted by Crippen LogP contribution is -2.45. The molecule has 0 aromatic heterocycles. The number of urea groups is 1. The van der Waals surface area contributed by atoms with E-state index in [9.17, 15) is 14.4 Å². The molecule has 1 heterocycles. The summed E-state index contributed by atoms with van der Waals surface area (Å²) >= 11 is 0. The summed E-state index contributed by atoms with van der Waals surface area (Å²) in [4.78, 5) is 38.9. The minimum atomic E-state index is -0.541. The first kappa shape index (κ1) is 20.7. The Kier molecular flexibility index (Phi) is 6.77. The van der Waals surface area contributed by atoms with Gasteiger partial charge in [0.05, 0.1) is 6.54 Å². The lowest BCUT2D eigenvalue weighted by Gasteiger charge is -2.30. The Morgan fingerprint density at radius 2 is 1.69 bits per heavy atom. The Morgan fingerprint density at radius 1 is 1.00 bits per heavy atom. The average Bonchev–Trinajstić information content (AvgIpc) is 2.68. The van der Waals surface area contributed by atoms with Crippen LogP contribution >= 0.6 is 0 Å². The molecule has 3 rings (SSSR count). The maximum Gasteiger partial charge on any atom is 0.325 e. The first-order chi connectivity index (χ1) is 13.9. The van der Waals surface area contributed by atoms with Crippen LogP contribution in [0.1, 0.15) is 34.3 Å². The number of rotatable bonds is 5. The van der Waals surface area contributed by atoms with E-state index >= 15 is 0 Å². The Labute approximate surface area is 171 Å². The van der Waals surface area contributed by atoms with E-state index in [-0.39, 0.29) is 24.2 Å². The quantitative estimate of drug-likeness (QED) is 0.762. The van der Waals surface area contributed by atoms with E-state index in [1.807, 2.05) is 43.0 Å². The third kappa shape index (κ3) is 5.74. The molecule has 0 aliphatic carbocycles. The Bertz CT molecular complexity index is 887. The fourth-order valence-electron chi connectivity index (χ4n) is 3.72. The van der Waals surface area contributed by atoms with Gasteiger partial charge in [0, 0.05) is 17.2 Å². The molecule has 2 aromatic carbocycles. The molecule has 2 N–H and O–H groups in total. The topological polar surface area (TPSA) is 78.5 Å². The van der Waals surface area contributed by atoms with Crippen LogP contribution in [0, 0.1) is 19.8 Å². The van der Waals surface area contributed by atoms with E-state index < -0.39 is 6.03 Å². The summed E-state index contributed by atoms with van der Waals surface area (Å²) in [6, 6.07) is 14.3. The van der Waals surface area contributed by atoms with Crippen LogP contribution in [0.4, 0.5) is 10.5 Å². The number of carbonyl (C=O) groups is 3. The largest absolute Gasteiger partial charge is 0.325 e. The van der Waals surface area contributed by atoms with Gasteiger partial charge in [0.1, 0.15) is 0 Å². The molecule has 0 atom stereocenters. The first-order valence-electron chi connectivity index (χ1n) is 9.92. The Morgan fingerprint density at radius 3 is 2.34 bits per heavy atom. The third-order valence-corrected chi connectivity index (χ3v) is 5.26. The fraction of sp³-hybridized carbons (Fsp3) is 0.348. The van der Waals surface area contributed by atoms with Crippen LogP contribution in [0.15, 0.2) is 48.5 Å². The van der Waals surface area contributed by atoms with E-state index in [0.717, 1.165) is 29.5 Å². The van der Waals surface area contributed by atoms with Crippen LogP contribution in [0.3, 0.4) is 0 Å². The molecular weight excluding hydrogens is 366 g/mol. The molecule has 0 saturated carbocycles. The van der Waals surface area contributed by atoms with Crippen molar-refractivity contribution in [3.63, 3.8) is 0 Å². The first-order valence-corrected chi connectivity index (χ1v) is 9.92. The predicted molar refractivity (Wildman–Crippen MR) is 113 cm³/mol. The minimum Gasteiger partial charge on any atom is -0.308 e. The van der Waals surface area contributed by atoms with Gasteiger partial charge in [-0.3, -0.25) is 19.8 Å². The van der Waals surface area contributed by atoms with Gasteiger partial charge in [0.2, 0.25) is 5.91 Å². The number of carbonyl (C=O) groups excluding carboxylic acids is 3. The number of hydrogen-bond acceptors (Lipinski definition) is 4. The van der Waals surface area contributed by atoms with Gasteiger partial charge in [0.15, 0.2) is 5.78 Å². The summed E-state index contributed by atoms with van der Waals surface area (Å²) in [5.41, 5.74) is 3.59. The summed E-state index contributed by atoms with van der Waals surface area (Å²) in [7, 11) is 0. The number of nitrogens with zero attached hydrogens (tertiary/aromatic N) is 1. The smallest absolute Gasteiger partial charge is 0.308 e. The molecule has 2 aromatic rings. The van der Waals surface area contributed by atoms with E-state index in [0.29, 0.717) is 18.8 Å². The van der Waals surface area contributed by atoms with Crippen LogP contribution in [-0.4, -0.2) is 42.3 Å². The summed E-state index contributed by atoms with van der Waals surface area (Å²) in [5, 5.41) is 4.98. The fourth-order valence-corrected chi connectivity index (χ4v) is 3.72. The number of nitrogens with one attached hydrogen (secondary N) is 2. The summed E-state index contributed by atoms with van der Waals surface area (Å²) < 4.78 is 0. The van der Waals surface area contributed by atoms with Gasteiger partial charge >= 0.3 is 6.03 Å². The summed E-state index contributed by atoms with van der Waals surface area (Å²) in [5.74, 6) is -0.177. The highest BCUT2D eigenvalue weighted by Crippen LogP contribution is 2.23. The second kappa shape index (κ2) is 9.47. The zero-order valence-corrected chi connectivity index (χ0v) is 16.9. The predicted octanol–water partition coefficient (Wildman–Crippen LogP) is 3.55. The monoisotopic (exact) mass is 393 g/mol. The number of para-hydroxylation sites is 1. The van der Waals surface area contributed by atoms with Gasteiger partial charge in [-0.15, -0.1) is 0 Å². The number of anilines is 1. The Hall–Kier alpha value is -2.99. The molecule has 0 radical (unpaired) electrons. The molecule has 0 bridgehead atoms. The van der Waals surface area contributed by atoms with Crippen molar-refractivity contribution < 1.29 is 14.4 Å². The van der Waals surface area contributed by atoms with Crippen molar-refractivity contribution in [3.8, 4) is 0 Å². The van der Waals surface area contributed by atoms with Gasteiger partial charge in [-0.05, 0) is 57.5 Å². The van der Waals surface area contributed by atoms with Crippen LogP contribution < -0.4 is 10.6 Å². The summed E-state index contributed by atoms with van der Waals surface area (Å²) in [6.07, 6.45) is 1.44. The maximum atomic E-state index is 12.8. The highest BCUT2D eigenvalue weighted by Gasteiger charge is 2.27. The molecule has 6 heteroatoms. The third-order valence-electron chi connectivity index (χ3n) is 5.26. The number of aryl methyl sites for hydroxylation is 2. The SMILES string of the molecule is Cc1ccc(C(=O)C2CCN(CC(=O)NC(=O)Nc3ccccc3)CC2)c(C)c1. The molecular formula is C23H27N3O3. The van der Waals surface area contributed by atoms with Gasteiger partial charge in [-0.1, -0.05) is 42.0 Å². The van der Waals surface area contributed by atoms with Crippen LogP contribution in [0.25, 0.3) is 0 Å². The Balaban J connectivity index is 1.45. The van der Waals surface area contributed by atoms with Crippen LogP contribution in [-0.2, 0) is 4.79 Å². The van der Waals surface area contributed by atoms with Crippen LogP contribution in [0.5, 0.6) is 0 Å². The molecule has 6 nitrogen and oxygen atoms in total. The molecule has 1 saturated heterocycles. The van der Waals surface area contributed by atoms with E-state index in [1.165, 1.54) is 0 Å². The molecule has 0 spiro atoms. The number of ketones is 1. The molecule has 1 fully saturated rings. The van der Waals surface area contributed by atoms with Gasteiger partial charge in [0.25, 0.3) is 0 Å². The molecule has 0 unspecified atom stereocenters. The molecule has 3 amide bonds. The zero-order valence-electron chi connectivity index (χ0n) is 16.9. The van der Waals surface area contributed by atoms with Crippen LogP contribution in [0.2, 0.25) is 0 Å². The molecule has 1 aliphatic heterocycles. The lowest BCUT2D eigenvalue weighted by molar-refractivity contribution is -0.121. The minimum absolute atomic E-state index is 0.0166. The maximum absolute atomic E-state index is 12.8. The number of amides is 3. The van der Waals surface area contributed by atoms with Crippen molar-refractivity contribution in [3.05, 3.63) is 65.2 Å². The van der Waals surface area contributed by atoms with Crippen molar-refractivity contribution >= 4 is 23.4 Å². The average molecular weight is 393 g/mol. The number of imide groups is 1. The molecule has 152 valence electrons. The highest BCUT2D eigenvalue weighted by atomic mass is 16.2. The number of likely N-dealkylation sites (tertiary alicyclic amines) is 1. The summed E-state index contributed by atoms with van der Waals surface area (Å²) in [6.45, 7) is 5.46. The van der Waals surface area contributed by atoms with Crippen molar-refractivity contribution in [1.82, 2.24) is 10.2 Å². The second-order valence-electron chi connectivity index (χ2n) is 7.60. The van der Waals surface area contributed by atoms with Gasteiger partial charge < -0.3 is 5.32 Å². The van der Waals surface area contributed by atoms with Crippen molar-refractivity contribution in [2.45, 2.75) is 26.7 Å². The van der Waals surface area contributed by atoms with Crippen molar-refractivity contribution in [2.24, 2.45) is 5.92 Å². The van der Waals surface area contributed by atoms with Crippen molar-refractivity contribution in [2.75, 3.05) is 25.0 Å².